The van der Waals surface area contributed by atoms with Crippen LogP contribution in [0.4, 0.5) is 5.82 Å². The van der Waals surface area contributed by atoms with E-state index in [0.717, 1.165) is 47.4 Å². The molecule has 1 aromatic carbocycles. The number of rotatable bonds is 4. The maximum absolute atomic E-state index is 10.9. The molecular weight excluding hydrogens is 384 g/mol. The molecule has 0 amide bonds. The van der Waals surface area contributed by atoms with Crippen LogP contribution in [0.3, 0.4) is 0 Å². The van der Waals surface area contributed by atoms with Crippen LogP contribution in [0.1, 0.15) is 22.3 Å². The molecule has 0 bridgehead atoms. The smallest absolute Gasteiger partial charge is 0.230 e. The molecule has 29 heavy (non-hydrogen) atoms. The highest BCUT2D eigenvalue weighted by atomic mass is 32.1. The van der Waals surface area contributed by atoms with Crippen LogP contribution >= 0.6 is 11.3 Å². The van der Waals surface area contributed by atoms with Crippen molar-refractivity contribution in [2.45, 2.75) is 13.0 Å². The minimum Gasteiger partial charge on any atom is -0.492 e. The van der Waals surface area contributed by atoms with Gasteiger partial charge in [0.15, 0.2) is 0 Å². The molecule has 1 fully saturated rings. The Morgan fingerprint density at radius 3 is 2.45 bits per heavy atom. The number of aromatic nitrogens is 4. The number of thiazole rings is 1. The number of piperazine rings is 1. The topological polar surface area (TPSA) is 69.8 Å². The largest absolute Gasteiger partial charge is 0.492 e. The monoisotopic (exact) mass is 406 g/mol. The Kier molecular flexibility index (Phi) is 4.65. The van der Waals surface area contributed by atoms with Crippen LogP contribution in [0.25, 0.3) is 4.96 Å². The number of nitrogens with zero attached hydrogens (tertiary/aromatic N) is 6. The van der Waals surface area contributed by atoms with Gasteiger partial charge < -0.3 is 10.0 Å². The van der Waals surface area contributed by atoms with E-state index in [9.17, 15) is 5.11 Å². The molecule has 8 heteroatoms. The van der Waals surface area contributed by atoms with Crippen LogP contribution in [0.2, 0.25) is 0 Å². The predicted octanol–water partition coefficient (Wildman–Crippen LogP) is 3.11. The van der Waals surface area contributed by atoms with Crippen LogP contribution in [0, 0.1) is 6.92 Å². The minimum absolute atomic E-state index is 0.0316. The van der Waals surface area contributed by atoms with Gasteiger partial charge in [-0.05, 0) is 24.6 Å². The predicted molar refractivity (Wildman–Crippen MR) is 114 cm³/mol. The Bertz CT molecular complexity index is 1100. The van der Waals surface area contributed by atoms with Gasteiger partial charge in [0.2, 0.25) is 10.8 Å². The van der Waals surface area contributed by atoms with Crippen molar-refractivity contribution in [3.63, 3.8) is 0 Å². The van der Waals surface area contributed by atoms with Crippen molar-refractivity contribution in [3.05, 3.63) is 71.0 Å². The van der Waals surface area contributed by atoms with Gasteiger partial charge in [0.05, 0.1) is 10.9 Å². The van der Waals surface area contributed by atoms with E-state index in [1.165, 1.54) is 11.3 Å². The third-order valence-corrected chi connectivity index (χ3v) is 6.39. The highest BCUT2D eigenvalue weighted by molar-refractivity contribution is 7.17. The second-order valence-corrected chi connectivity index (χ2v) is 8.18. The molecule has 0 aliphatic carbocycles. The third-order valence-electron chi connectivity index (χ3n) is 5.32. The fraction of sp³-hybridized carbons (Fsp3) is 0.286. The number of pyridine rings is 1. The Hall–Kier alpha value is -2.97. The van der Waals surface area contributed by atoms with Gasteiger partial charge in [-0.15, -0.1) is 5.10 Å². The van der Waals surface area contributed by atoms with E-state index in [1.54, 1.807) is 4.52 Å². The van der Waals surface area contributed by atoms with E-state index in [1.807, 2.05) is 43.5 Å². The van der Waals surface area contributed by atoms with Crippen molar-refractivity contribution in [1.82, 2.24) is 24.5 Å². The van der Waals surface area contributed by atoms with Crippen molar-refractivity contribution in [1.29, 1.82) is 0 Å². The molecule has 0 saturated carbocycles. The van der Waals surface area contributed by atoms with E-state index in [-0.39, 0.29) is 11.9 Å². The number of benzene rings is 1. The number of aryl methyl sites for hydroxylation is 1. The Morgan fingerprint density at radius 1 is 1.00 bits per heavy atom. The molecule has 1 aliphatic heterocycles. The zero-order valence-electron chi connectivity index (χ0n) is 16.1. The first-order valence-electron chi connectivity index (χ1n) is 9.71. The number of aromatic hydroxyl groups is 1. The first-order chi connectivity index (χ1) is 14.2. The Morgan fingerprint density at radius 2 is 1.76 bits per heavy atom. The van der Waals surface area contributed by atoms with Crippen molar-refractivity contribution in [2.75, 3.05) is 31.1 Å². The highest BCUT2D eigenvalue weighted by Crippen LogP contribution is 2.40. The normalized spacial score (nSPS) is 16.4. The molecular formula is C21H22N6OS. The minimum atomic E-state index is -0.0316. The lowest BCUT2D eigenvalue weighted by Crippen LogP contribution is -2.48. The zero-order chi connectivity index (χ0) is 19.8. The molecule has 0 spiro atoms. The first kappa shape index (κ1) is 18.1. The molecule has 1 N–H and O–H groups in total. The molecule has 7 nitrogen and oxygen atoms in total. The van der Waals surface area contributed by atoms with Crippen molar-refractivity contribution in [2.24, 2.45) is 0 Å². The van der Waals surface area contributed by atoms with Gasteiger partial charge in [0.25, 0.3) is 0 Å². The molecule has 1 atom stereocenters. The van der Waals surface area contributed by atoms with Gasteiger partial charge in [-0.3, -0.25) is 4.90 Å². The number of anilines is 1. The lowest BCUT2D eigenvalue weighted by molar-refractivity contribution is 0.210. The van der Waals surface area contributed by atoms with Gasteiger partial charge in [0.1, 0.15) is 11.6 Å². The Labute approximate surface area is 172 Å². The summed E-state index contributed by atoms with van der Waals surface area (Å²) in [5.41, 5.74) is 1.16. The van der Waals surface area contributed by atoms with Crippen molar-refractivity contribution < 1.29 is 5.11 Å². The molecule has 0 unspecified atom stereocenters. The summed E-state index contributed by atoms with van der Waals surface area (Å²) in [5, 5.41) is 15.3. The lowest BCUT2D eigenvalue weighted by atomic mass is 10.0. The fourth-order valence-corrected chi connectivity index (χ4v) is 5.10. The molecule has 1 saturated heterocycles. The number of hydrogen-bond donors (Lipinski definition) is 1. The zero-order valence-corrected chi connectivity index (χ0v) is 17.0. The molecule has 4 heterocycles. The van der Waals surface area contributed by atoms with Crippen LogP contribution in [0.5, 0.6) is 5.88 Å². The molecule has 5 rings (SSSR count). The molecule has 1 aliphatic rings. The van der Waals surface area contributed by atoms with Crippen LogP contribution < -0.4 is 4.90 Å². The molecule has 0 radical (unpaired) electrons. The summed E-state index contributed by atoms with van der Waals surface area (Å²) in [5.74, 6) is 1.87. The first-order valence-corrected chi connectivity index (χ1v) is 10.5. The number of hydrogen-bond acceptors (Lipinski definition) is 7. The summed E-state index contributed by atoms with van der Waals surface area (Å²) in [6.45, 7) is 5.37. The van der Waals surface area contributed by atoms with E-state index < -0.39 is 0 Å². The van der Waals surface area contributed by atoms with E-state index >= 15 is 0 Å². The van der Waals surface area contributed by atoms with E-state index in [4.69, 9.17) is 0 Å². The molecule has 4 aromatic rings. The van der Waals surface area contributed by atoms with Gasteiger partial charge in [-0.1, -0.05) is 47.7 Å². The summed E-state index contributed by atoms with van der Waals surface area (Å²) >= 11 is 1.51. The maximum atomic E-state index is 10.9. The van der Waals surface area contributed by atoms with Crippen LogP contribution in [-0.4, -0.2) is 55.8 Å². The average molecular weight is 407 g/mol. The highest BCUT2D eigenvalue weighted by Gasteiger charge is 2.31. The van der Waals surface area contributed by atoms with Gasteiger partial charge in [0, 0.05) is 32.4 Å². The summed E-state index contributed by atoms with van der Waals surface area (Å²) in [4.78, 5) is 15.3. The fourth-order valence-electron chi connectivity index (χ4n) is 3.94. The third kappa shape index (κ3) is 3.34. The van der Waals surface area contributed by atoms with Gasteiger partial charge in [-0.25, -0.2) is 9.97 Å². The summed E-state index contributed by atoms with van der Waals surface area (Å²) in [6.07, 6.45) is 1.84. The van der Waals surface area contributed by atoms with Crippen molar-refractivity contribution >= 4 is 22.1 Å². The lowest BCUT2D eigenvalue weighted by Gasteiger charge is -2.39. The standard InChI is InChI=1S/C21H22N6OS/c1-15-23-21-27(24-15)20(28)19(29-21)18(16-7-3-2-4-8-16)26-13-11-25(12-14-26)17-9-5-6-10-22-17/h2-10,18,28H,11-14H2,1H3/t18-/m1/s1. The summed E-state index contributed by atoms with van der Waals surface area (Å²) in [6, 6.07) is 16.3. The maximum Gasteiger partial charge on any atom is 0.230 e. The average Bonchev–Trinajstić information content (AvgIpc) is 3.27. The quantitative estimate of drug-likeness (QED) is 0.562. The summed E-state index contributed by atoms with van der Waals surface area (Å²) < 4.78 is 1.55. The van der Waals surface area contributed by atoms with E-state index in [0.29, 0.717) is 5.82 Å². The van der Waals surface area contributed by atoms with Crippen LogP contribution in [-0.2, 0) is 0 Å². The SMILES string of the molecule is Cc1nc2sc([C@@H](c3ccccc3)N3CCN(c4ccccn4)CC3)c(O)n2n1. The number of fused-ring (bicyclic) bond motifs is 1. The molecule has 3 aromatic heterocycles. The van der Waals surface area contributed by atoms with Crippen LogP contribution in [0.15, 0.2) is 54.7 Å². The molecule has 148 valence electrons. The van der Waals surface area contributed by atoms with Gasteiger partial charge >= 0.3 is 0 Å². The van der Waals surface area contributed by atoms with Crippen molar-refractivity contribution in [3.8, 4) is 5.88 Å². The van der Waals surface area contributed by atoms with E-state index in [2.05, 4.69) is 43.1 Å². The van der Waals surface area contributed by atoms with Gasteiger partial charge in [-0.2, -0.15) is 4.52 Å². The summed E-state index contributed by atoms with van der Waals surface area (Å²) in [7, 11) is 0. The second kappa shape index (κ2) is 7.46. The second-order valence-electron chi connectivity index (χ2n) is 7.17. The Balaban J connectivity index is 1.47.